The molecular weight excluding hydrogens is 352 g/mol. The van der Waals surface area contributed by atoms with Crippen molar-refractivity contribution < 1.29 is 13.2 Å². The fraction of sp³-hybridized carbons (Fsp3) is 0.944. The van der Waals surface area contributed by atoms with E-state index in [0.717, 1.165) is 50.0 Å². The monoisotopic (exact) mass is 386 g/mol. The second kappa shape index (κ2) is 8.89. The van der Waals surface area contributed by atoms with Crippen molar-refractivity contribution in [3.63, 3.8) is 0 Å². The Hall–Kier alpha value is -0.860. The third-order valence-corrected chi connectivity index (χ3v) is 7.03. The van der Waals surface area contributed by atoms with Crippen LogP contribution in [-0.2, 0) is 14.6 Å². The zero-order valence-electron chi connectivity index (χ0n) is 16.2. The van der Waals surface area contributed by atoms with Gasteiger partial charge in [-0.25, -0.2) is 8.42 Å². The second-order valence-corrected chi connectivity index (χ2v) is 10.2. The Balaban J connectivity index is 1.33. The van der Waals surface area contributed by atoms with Crippen LogP contribution >= 0.6 is 0 Å². The number of piperazine rings is 1. The van der Waals surface area contributed by atoms with Gasteiger partial charge in [0.05, 0.1) is 19.0 Å². The molecule has 0 spiro atoms. The lowest BCUT2D eigenvalue weighted by Crippen LogP contribution is -2.55. The van der Waals surface area contributed by atoms with E-state index in [9.17, 15) is 8.42 Å². The van der Waals surface area contributed by atoms with Gasteiger partial charge in [0.2, 0.25) is 0 Å². The highest BCUT2D eigenvalue weighted by Gasteiger charge is 2.42. The Bertz CT molecular complexity index is 587. The lowest BCUT2D eigenvalue weighted by atomic mass is 9.93. The summed E-state index contributed by atoms with van der Waals surface area (Å²) in [5.74, 6) is 2.95. The zero-order valence-corrected chi connectivity index (χ0v) is 17.0. The molecule has 1 saturated heterocycles. The average Bonchev–Trinajstić information content (AvgIpc) is 3.24. The third kappa shape index (κ3) is 5.33. The van der Waals surface area contributed by atoms with Crippen molar-refractivity contribution in [1.82, 2.24) is 15.1 Å². The van der Waals surface area contributed by atoms with Crippen molar-refractivity contribution in [2.24, 2.45) is 16.8 Å². The minimum Gasteiger partial charge on any atom is -0.379 e. The summed E-state index contributed by atoms with van der Waals surface area (Å²) in [4.78, 5) is 9.42. The quantitative estimate of drug-likeness (QED) is 0.389. The van der Waals surface area contributed by atoms with Gasteiger partial charge in [-0.2, -0.15) is 0 Å². The predicted molar refractivity (Wildman–Crippen MR) is 104 cm³/mol. The fourth-order valence-corrected chi connectivity index (χ4v) is 5.22. The van der Waals surface area contributed by atoms with Gasteiger partial charge in [0.15, 0.2) is 5.96 Å². The van der Waals surface area contributed by atoms with E-state index in [1.54, 1.807) is 0 Å². The molecule has 0 aromatic carbocycles. The van der Waals surface area contributed by atoms with E-state index in [-0.39, 0.29) is 12.4 Å². The van der Waals surface area contributed by atoms with E-state index >= 15 is 0 Å². The summed E-state index contributed by atoms with van der Waals surface area (Å²) in [6.07, 6.45) is 7.02. The van der Waals surface area contributed by atoms with Crippen molar-refractivity contribution in [3.05, 3.63) is 0 Å². The third-order valence-electron chi connectivity index (χ3n) is 6.12. The lowest BCUT2D eigenvalue weighted by Gasteiger charge is -2.41. The molecule has 0 radical (unpaired) electrons. The van der Waals surface area contributed by atoms with Gasteiger partial charge in [0, 0.05) is 52.1 Å². The molecule has 1 N–H and O–H groups in total. The van der Waals surface area contributed by atoms with E-state index in [1.165, 1.54) is 31.9 Å². The summed E-state index contributed by atoms with van der Waals surface area (Å²) < 4.78 is 27.5. The Morgan fingerprint density at radius 1 is 1.15 bits per heavy atom. The Labute approximate surface area is 158 Å². The largest absolute Gasteiger partial charge is 0.379 e. The first-order valence-electron chi connectivity index (χ1n) is 9.91. The van der Waals surface area contributed by atoms with Crippen LogP contribution in [0.15, 0.2) is 4.99 Å². The molecule has 1 aliphatic heterocycles. The number of hydrogen-bond donors (Lipinski definition) is 1. The highest BCUT2D eigenvalue weighted by atomic mass is 32.2. The van der Waals surface area contributed by atoms with Crippen LogP contribution in [0.5, 0.6) is 0 Å². The predicted octanol–water partition coefficient (Wildman–Crippen LogP) is 0.429. The number of rotatable bonds is 7. The van der Waals surface area contributed by atoms with Crippen molar-refractivity contribution >= 4 is 15.8 Å². The standard InChI is InChI=1S/C18H34N4O3S/c1-19-18(20-5-10-25-11-12-26(2,23)24)22-8-6-21(7-9-22)17-14-15-3-4-16(17)13-15/h15-17H,3-14H2,1-2H3,(H,19,20). The highest BCUT2D eigenvalue weighted by molar-refractivity contribution is 7.90. The van der Waals surface area contributed by atoms with Gasteiger partial charge >= 0.3 is 0 Å². The van der Waals surface area contributed by atoms with Crippen LogP contribution in [0.4, 0.5) is 0 Å². The molecule has 3 rings (SSSR count). The smallest absolute Gasteiger partial charge is 0.193 e. The number of aliphatic imine (C=N–C) groups is 1. The first kappa shape index (κ1) is 19.9. The van der Waals surface area contributed by atoms with Crippen molar-refractivity contribution in [1.29, 1.82) is 0 Å². The summed E-state index contributed by atoms with van der Waals surface area (Å²) in [6, 6.07) is 0.828. The van der Waals surface area contributed by atoms with Gasteiger partial charge in [-0.1, -0.05) is 6.42 Å². The van der Waals surface area contributed by atoms with Crippen molar-refractivity contribution in [3.8, 4) is 0 Å². The summed E-state index contributed by atoms with van der Waals surface area (Å²) in [5, 5.41) is 3.33. The van der Waals surface area contributed by atoms with Crippen LogP contribution in [0.25, 0.3) is 0 Å². The molecule has 0 aromatic rings. The number of nitrogens with zero attached hydrogens (tertiary/aromatic N) is 3. The summed E-state index contributed by atoms with van der Waals surface area (Å²) in [7, 11) is -1.13. The Kier molecular flexibility index (Phi) is 6.80. The molecule has 2 aliphatic carbocycles. The Morgan fingerprint density at radius 2 is 1.92 bits per heavy atom. The van der Waals surface area contributed by atoms with Crippen LogP contribution in [0, 0.1) is 11.8 Å². The number of hydrogen-bond acceptors (Lipinski definition) is 5. The van der Waals surface area contributed by atoms with E-state index in [1.807, 2.05) is 7.05 Å². The topological polar surface area (TPSA) is 74.2 Å². The number of nitrogens with one attached hydrogen (secondary N) is 1. The average molecular weight is 387 g/mol. The van der Waals surface area contributed by atoms with Crippen molar-refractivity contribution in [2.75, 3.05) is 65.0 Å². The lowest BCUT2D eigenvalue weighted by molar-refractivity contribution is 0.0953. The highest BCUT2D eigenvalue weighted by Crippen LogP contribution is 2.46. The SMILES string of the molecule is CN=C(NCCOCCS(C)(=O)=O)N1CCN(C2CC3CCC2C3)CC1. The van der Waals surface area contributed by atoms with Crippen LogP contribution < -0.4 is 5.32 Å². The zero-order chi connectivity index (χ0) is 18.6. The first-order chi connectivity index (χ1) is 12.5. The Morgan fingerprint density at radius 3 is 2.50 bits per heavy atom. The molecule has 1 heterocycles. The fourth-order valence-electron chi connectivity index (χ4n) is 4.80. The number of ether oxygens (including phenoxy) is 1. The molecule has 7 nitrogen and oxygen atoms in total. The van der Waals surface area contributed by atoms with Gasteiger partial charge in [0.1, 0.15) is 9.84 Å². The normalized spacial score (nSPS) is 30.2. The van der Waals surface area contributed by atoms with Crippen molar-refractivity contribution in [2.45, 2.75) is 31.7 Å². The van der Waals surface area contributed by atoms with Crippen LogP contribution in [0.1, 0.15) is 25.7 Å². The summed E-state index contributed by atoms with van der Waals surface area (Å²) in [5.41, 5.74) is 0. The maximum absolute atomic E-state index is 11.1. The molecule has 3 fully saturated rings. The van der Waals surface area contributed by atoms with Gasteiger partial charge < -0.3 is 15.0 Å². The molecular formula is C18H34N4O3S. The van der Waals surface area contributed by atoms with Crippen LogP contribution in [-0.4, -0.2) is 95.2 Å². The van der Waals surface area contributed by atoms with E-state index in [0.29, 0.717) is 13.2 Å². The molecule has 0 aromatic heterocycles. The van der Waals surface area contributed by atoms with E-state index in [4.69, 9.17) is 4.74 Å². The molecule has 8 heteroatoms. The van der Waals surface area contributed by atoms with E-state index in [2.05, 4.69) is 20.1 Å². The summed E-state index contributed by atoms with van der Waals surface area (Å²) in [6.45, 7) is 5.66. The number of fused-ring (bicyclic) bond motifs is 2. The number of guanidine groups is 1. The van der Waals surface area contributed by atoms with Crippen LogP contribution in [0.2, 0.25) is 0 Å². The summed E-state index contributed by atoms with van der Waals surface area (Å²) >= 11 is 0. The van der Waals surface area contributed by atoms with Gasteiger partial charge in [0.25, 0.3) is 0 Å². The van der Waals surface area contributed by atoms with Crippen LogP contribution in [0.3, 0.4) is 0 Å². The molecule has 2 bridgehead atoms. The minimum absolute atomic E-state index is 0.0761. The molecule has 3 aliphatic rings. The first-order valence-corrected chi connectivity index (χ1v) is 12.0. The molecule has 0 amide bonds. The molecule has 2 saturated carbocycles. The maximum Gasteiger partial charge on any atom is 0.193 e. The molecule has 150 valence electrons. The number of sulfone groups is 1. The second-order valence-electron chi connectivity index (χ2n) is 7.98. The molecule has 3 unspecified atom stereocenters. The van der Waals surface area contributed by atoms with E-state index < -0.39 is 9.84 Å². The molecule has 26 heavy (non-hydrogen) atoms. The maximum atomic E-state index is 11.1. The van der Waals surface area contributed by atoms with Gasteiger partial charge in [-0.15, -0.1) is 0 Å². The van der Waals surface area contributed by atoms with Gasteiger partial charge in [-0.05, 0) is 31.1 Å². The minimum atomic E-state index is -2.95. The molecule has 3 atom stereocenters. The van der Waals surface area contributed by atoms with Gasteiger partial charge in [-0.3, -0.25) is 9.89 Å².